The van der Waals surface area contributed by atoms with E-state index in [4.69, 9.17) is 4.74 Å². The Morgan fingerprint density at radius 3 is 2.87 bits per heavy atom. The number of aliphatic hydroxyl groups is 1. The molecule has 0 radical (unpaired) electrons. The molecular weight excluding hydrogens is 192 g/mol. The molecule has 0 aromatic rings. The van der Waals surface area contributed by atoms with Gasteiger partial charge in [-0.1, -0.05) is 13.3 Å². The molecule has 0 bridgehead atoms. The van der Waals surface area contributed by atoms with Crippen molar-refractivity contribution in [3.63, 3.8) is 0 Å². The van der Waals surface area contributed by atoms with Gasteiger partial charge < -0.3 is 15.2 Å². The van der Waals surface area contributed by atoms with Crippen LogP contribution in [0.15, 0.2) is 0 Å². The van der Waals surface area contributed by atoms with E-state index in [-0.39, 0.29) is 6.10 Å². The van der Waals surface area contributed by atoms with Crippen LogP contribution in [0.3, 0.4) is 0 Å². The summed E-state index contributed by atoms with van der Waals surface area (Å²) in [6.45, 7) is 5.47. The second-order valence-corrected chi connectivity index (χ2v) is 4.44. The summed E-state index contributed by atoms with van der Waals surface area (Å²) in [6, 6.07) is 0.557. The average molecular weight is 216 g/mol. The van der Waals surface area contributed by atoms with E-state index in [9.17, 15) is 5.11 Å². The molecule has 0 aromatic heterocycles. The Morgan fingerprint density at radius 2 is 2.27 bits per heavy atom. The van der Waals surface area contributed by atoms with E-state index in [1.54, 1.807) is 7.11 Å². The van der Waals surface area contributed by atoms with Gasteiger partial charge in [0.15, 0.2) is 0 Å². The van der Waals surface area contributed by atoms with Crippen LogP contribution in [0, 0.1) is 5.92 Å². The minimum Gasteiger partial charge on any atom is -0.389 e. The van der Waals surface area contributed by atoms with Crippen molar-refractivity contribution in [1.82, 2.24) is 10.2 Å². The van der Waals surface area contributed by atoms with E-state index in [0.29, 0.717) is 25.1 Å². The summed E-state index contributed by atoms with van der Waals surface area (Å²) in [5, 5.41) is 13.1. The normalized spacial score (nSPS) is 28.6. The quantitative estimate of drug-likeness (QED) is 0.652. The molecule has 0 spiro atoms. The molecule has 1 heterocycles. The van der Waals surface area contributed by atoms with Crippen molar-refractivity contribution < 1.29 is 9.84 Å². The molecule has 1 fully saturated rings. The number of hydrogen-bond acceptors (Lipinski definition) is 4. The number of nitrogens with zero attached hydrogens (tertiary/aromatic N) is 1. The molecule has 1 saturated heterocycles. The summed E-state index contributed by atoms with van der Waals surface area (Å²) in [7, 11) is 3.70. The summed E-state index contributed by atoms with van der Waals surface area (Å²) >= 11 is 0. The van der Waals surface area contributed by atoms with Crippen LogP contribution in [0.1, 0.15) is 13.3 Å². The van der Waals surface area contributed by atoms with Crippen LogP contribution in [0.5, 0.6) is 0 Å². The van der Waals surface area contributed by atoms with Crippen molar-refractivity contribution in [1.29, 1.82) is 0 Å². The maximum atomic E-state index is 9.65. The predicted octanol–water partition coefficient (Wildman–Crippen LogP) is -0.0765. The highest BCUT2D eigenvalue weighted by molar-refractivity contribution is 4.87. The highest BCUT2D eigenvalue weighted by Gasteiger charge is 2.29. The van der Waals surface area contributed by atoms with E-state index in [2.05, 4.69) is 24.2 Å². The summed E-state index contributed by atoms with van der Waals surface area (Å²) < 4.78 is 4.93. The molecule has 0 aliphatic carbocycles. The van der Waals surface area contributed by atoms with Gasteiger partial charge in [0.05, 0.1) is 12.7 Å². The zero-order chi connectivity index (χ0) is 11.3. The zero-order valence-electron chi connectivity index (χ0n) is 10.1. The van der Waals surface area contributed by atoms with E-state index in [1.165, 1.54) is 6.42 Å². The van der Waals surface area contributed by atoms with Crippen molar-refractivity contribution in [2.24, 2.45) is 5.92 Å². The van der Waals surface area contributed by atoms with Gasteiger partial charge in [0, 0.05) is 26.2 Å². The zero-order valence-corrected chi connectivity index (χ0v) is 10.1. The average Bonchev–Trinajstić information content (AvgIpc) is 2.65. The third-order valence-corrected chi connectivity index (χ3v) is 3.25. The Balaban J connectivity index is 2.35. The number of ether oxygens (including phenoxy) is 1. The minimum atomic E-state index is -0.377. The first kappa shape index (κ1) is 12.9. The van der Waals surface area contributed by atoms with Crippen LogP contribution in [0.25, 0.3) is 0 Å². The van der Waals surface area contributed by atoms with E-state index in [0.717, 1.165) is 13.1 Å². The first-order chi connectivity index (χ1) is 7.19. The third kappa shape index (κ3) is 3.72. The number of methoxy groups -OCH3 is 1. The summed E-state index contributed by atoms with van der Waals surface area (Å²) in [5.74, 6) is 0.713. The van der Waals surface area contributed by atoms with Crippen LogP contribution in [0.4, 0.5) is 0 Å². The van der Waals surface area contributed by atoms with Crippen LogP contribution >= 0.6 is 0 Å². The lowest BCUT2D eigenvalue weighted by atomic mass is 9.99. The molecule has 0 amide bonds. The Kier molecular flexibility index (Phi) is 5.53. The molecule has 1 aliphatic rings. The lowest BCUT2D eigenvalue weighted by molar-refractivity contribution is 0.0315. The van der Waals surface area contributed by atoms with Crippen molar-refractivity contribution >= 4 is 0 Å². The lowest BCUT2D eigenvalue weighted by Crippen LogP contribution is -2.43. The van der Waals surface area contributed by atoms with Crippen molar-refractivity contribution in [3.05, 3.63) is 0 Å². The highest BCUT2D eigenvalue weighted by atomic mass is 16.5. The fraction of sp³-hybridized carbons (Fsp3) is 1.00. The third-order valence-electron chi connectivity index (χ3n) is 3.25. The molecule has 4 nitrogen and oxygen atoms in total. The van der Waals surface area contributed by atoms with Gasteiger partial charge in [0.1, 0.15) is 0 Å². The smallest absolute Gasteiger partial charge is 0.0900 e. The Bertz CT molecular complexity index is 178. The van der Waals surface area contributed by atoms with E-state index in [1.807, 2.05) is 0 Å². The molecule has 1 rings (SSSR count). The van der Waals surface area contributed by atoms with Gasteiger partial charge in [0.2, 0.25) is 0 Å². The minimum absolute atomic E-state index is 0.377. The standard InChI is InChI=1S/C11H24N2O2/c1-4-9-5-12-6-11(9)13(2)7-10(14)8-15-3/h9-12,14H,4-8H2,1-3H3. The Hall–Kier alpha value is -0.160. The topological polar surface area (TPSA) is 44.7 Å². The molecule has 90 valence electrons. The largest absolute Gasteiger partial charge is 0.389 e. The lowest BCUT2D eigenvalue weighted by Gasteiger charge is -2.29. The Morgan fingerprint density at radius 1 is 1.53 bits per heavy atom. The Labute approximate surface area is 92.6 Å². The van der Waals surface area contributed by atoms with Gasteiger partial charge in [0.25, 0.3) is 0 Å². The summed E-state index contributed by atoms with van der Waals surface area (Å²) in [4.78, 5) is 2.25. The second-order valence-electron chi connectivity index (χ2n) is 4.44. The fourth-order valence-electron chi connectivity index (χ4n) is 2.36. The summed E-state index contributed by atoms with van der Waals surface area (Å²) in [5.41, 5.74) is 0. The molecule has 2 N–H and O–H groups in total. The SMILES string of the molecule is CCC1CNCC1N(C)CC(O)COC. The maximum absolute atomic E-state index is 9.65. The van der Waals surface area contributed by atoms with Crippen LogP contribution in [-0.4, -0.2) is 62.6 Å². The second kappa shape index (κ2) is 6.43. The van der Waals surface area contributed by atoms with Crippen LogP contribution in [-0.2, 0) is 4.74 Å². The maximum Gasteiger partial charge on any atom is 0.0900 e. The van der Waals surface area contributed by atoms with Gasteiger partial charge in [-0.25, -0.2) is 0 Å². The van der Waals surface area contributed by atoms with Crippen molar-refractivity contribution in [2.75, 3.05) is 40.4 Å². The first-order valence-electron chi connectivity index (χ1n) is 5.77. The first-order valence-corrected chi connectivity index (χ1v) is 5.77. The van der Waals surface area contributed by atoms with E-state index < -0.39 is 0 Å². The van der Waals surface area contributed by atoms with Crippen molar-refractivity contribution in [2.45, 2.75) is 25.5 Å². The molecule has 4 heteroatoms. The van der Waals surface area contributed by atoms with Crippen molar-refractivity contribution in [3.8, 4) is 0 Å². The van der Waals surface area contributed by atoms with Crippen LogP contribution in [0.2, 0.25) is 0 Å². The fourth-order valence-corrected chi connectivity index (χ4v) is 2.36. The molecule has 0 saturated carbocycles. The molecule has 1 aliphatic heterocycles. The molecule has 3 atom stereocenters. The van der Waals surface area contributed by atoms with Gasteiger partial charge >= 0.3 is 0 Å². The van der Waals surface area contributed by atoms with Gasteiger partial charge in [-0.3, -0.25) is 4.90 Å². The molecule has 15 heavy (non-hydrogen) atoms. The number of aliphatic hydroxyl groups excluding tert-OH is 1. The number of nitrogens with one attached hydrogen (secondary N) is 1. The predicted molar refractivity (Wildman–Crippen MR) is 61.0 cm³/mol. The number of likely N-dealkylation sites (N-methyl/N-ethyl adjacent to an activating group) is 1. The number of rotatable bonds is 6. The van der Waals surface area contributed by atoms with Gasteiger partial charge in [-0.15, -0.1) is 0 Å². The van der Waals surface area contributed by atoms with Gasteiger partial charge in [-0.2, -0.15) is 0 Å². The monoisotopic (exact) mass is 216 g/mol. The van der Waals surface area contributed by atoms with E-state index >= 15 is 0 Å². The van der Waals surface area contributed by atoms with Crippen LogP contribution < -0.4 is 5.32 Å². The molecular formula is C11H24N2O2. The molecule has 0 aromatic carbocycles. The van der Waals surface area contributed by atoms with Gasteiger partial charge in [-0.05, 0) is 19.5 Å². The molecule has 3 unspecified atom stereocenters. The highest BCUT2D eigenvalue weighted by Crippen LogP contribution is 2.17. The summed E-state index contributed by atoms with van der Waals surface area (Å²) in [6.07, 6.45) is 0.820. The number of hydrogen-bond donors (Lipinski definition) is 2.